The first kappa shape index (κ1) is 13.3. The Balaban J connectivity index is 0.00000128. The Morgan fingerprint density at radius 1 is 1.50 bits per heavy atom. The van der Waals surface area contributed by atoms with E-state index in [0.717, 1.165) is 31.5 Å². The van der Waals surface area contributed by atoms with Crippen LogP contribution in [0, 0.1) is 0 Å². The summed E-state index contributed by atoms with van der Waals surface area (Å²) in [5, 5.41) is 7.36. The Morgan fingerprint density at radius 3 is 2.81 bits per heavy atom. The van der Waals surface area contributed by atoms with Crippen molar-refractivity contribution in [2.24, 2.45) is 0 Å². The number of nitrogens with one attached hydrogen (secondary N) is 1. The van der Waals surface area contributed by atoms with Crippen molar-refractivity contribution in [2.75, 3.05) is 24.5 Å². The second-order valence-corrected chi connectivity index (χ2v) is 4.33. The molecule has 1 atom stereocenters. The van der Waals surface area contributed by atoms with Crippen LogP contribution in [-0.4, -0.2) is 35.8 Å². The summed E-state index contributed by atoms with van der Waals surface area (Å²) in [6.07, 6.45) is 0. The first-order valence-corrected chi connectivity index (χ1v) is 5.49. The molecule has 0 spiro atoms. The summed E-state index contributed by atoms with van der Waals surface area (Å²) in [4.78, 5) is 6.59. The number of anilines is 1. The van der Waals surface area contributed by atoms with E-state index in [1.807, 2.05) is 0 Å². The molecule has 0 aromatic carbocycles. The highest BCUT2D eigenvalue weighted by Crippen LogP contribution is 2.18. The first-order valence-electron chi connectivity index (χ1n) is 5.49. The highest BCUT2D eigenvalue weighted by atomic mass is 35.5. The second-order valence-electron chi connectivity index (χ2n) is 4.33. The van der Waals surface area contributed by atoms with E-state index in [-0.39, 0.29) is 12.4 Å². The van der Waals surface area contributed by atoms with Crippen molar-refractivity contribution in [1.29, 1.82) is 0 Å². The quantitative estimate of drug-likeness (QED) is 0.855. The third kappa shape index (κ3) is 2.65. The van der Waals surface area contributed by atoms with Gasteiger partial charge in [-0.3, -0.25) is 0 Å². The minimum atomic E-state index is 0. The van der Waals surface area contributed by atoms with E-state index in [1.54, 1.807) is 0 Å². The Labute approximate surface area is 102 Å². The normalized spacial score (nSPS) is 21.0. The molecule has 1 aromatic heterocycles. The highest BCUT2D eigenvalue weighted by Gasteiger charge is 2.23. The molecule has 2 heterocycles. The minimum absolute atomic E-state index is 0. The van der Waals surface area contributed by atoms with E-state index in [9.17, 15) is 0 Å². The Bertz CT molecular complexity index is 328. The summed E-state index contributed by atoms with van der Waals surface area (Å²) in [5.41, 5.74) is 0. The lowest BCUT2D eigenvalue weighted by Crippen LogP contribution is -2.50. The third-order valence-electron chi connectivity index (χ3n) is 2.68. The van der Waals surface area contributed by atoms with Crippen molar-refractivity contribution in [3.05, 3.63) is 5.89 Å². The van der Waals surface area contributed by atoms with E-state index in [2.05, 4.69) is 41.1 Å². The van der Waals surface area contributed by atoms with Crippen LogP contribution in [0.4, 0.5) is 5.95 Å². The number of hydrogen-bond donors (Lipinski definition) is 1. The number of aromatic nitrogens is 2. The summed E-state index contributed by atoms with van der Waals surface area (Å²) < 4.78 is 5.20. The van der Waals surface area contributed by atoms with Crippen molar-refractivity contribution in [2.45, 2.75) is 32.7 Å². The number of rotatable bonds is 2. The lowest BCUT2D eigenvalue weighted by molar-refractivity contribution is 0.362. The maximum Gasteiger partial charge on any atom is 0.266 e. The van der Waals surface area contributed by atoms with Crippen molar-refractivity contribution in [1.82, 2.24) is 15.5 Å². The van der Waals surface area contributed by atoms with Gasteiger partial charge in [-0.1, -0.05) is 13.8 Å². The molecule has 0 amide bonds. The van der Waals surface area contributed by atoms with Crippen LogP contribution >= 0.6 is 12.4 Å². The van der Waals surface area contributed by atoms with Gasteiger partial charge in [0.15, 0.2) is 0 Å². The van der Waals surface area contributed by atoms with Crippen molar-refractivity contribution in [3.63, 3.8) is 0 Å². The molecule has 1 N–H and O–H groups in total. The average molecular weight is 247 g/mol. The predicted octanol–water partition coefficient (Wildman–Crippen LogP) is 1.41. The van der Waals surface area contributed by atoms with Gasteiger partial charge in [-0.25, -0.2) is 0 Å². The Kier molecular flexibility index (Phi) is 4.56. The van der Waals surface area contributed by atoms with Gasteiger partial charge in [0.1, 0.15) is 0 Å². The van der Waals surface area contributed by atoms with Gasteiger partial charge < -0.3 is 14.7 Å². The van der Waals surface area contributed by atoms with Crippen LogP contribution < -0.4 is 10.2 Å². The monoisotopic (exact) mass is 246 g/mol. The fourth-order valence-corrected chi connectivity index (χ4v) is 1.72. The summed E-state index contributed by atoms with van der Waals surface area (Å²) in [7, 11) is 0. The molecule has 5 nitrogen and oxygen atoms in total. The number of piperazine rings is 1. The minimum Gasteiger partial charge on any atom is -0.337 e. The molecule has 2 rings (SSSR count). The van der Waals surface area contributed by atoms with Crippen LogP contribution in [0.15, 0.2) is 4.52 Å². The number of nitrogens with zero attached hydrogens (tertiary/aromatic N) is 3. The maximum absolute atomic E-state index is 5.20. The number of halogens is 1. The zero-order valence-corrected chi connectivity index (χ0v) is 10.8. The molecule has 0 bridgehead atoms. The van der Waals surface area contributed by atoms with Crippen molar-refractivity contribution >= 4 is 18.4 Å². The van der Waals surface area contributed by atoms with Gasteiger partial charge in [-0.15, -0.1) is 12.4 Å². The summed E-state index contributed by atoms with van der Waals surface area (Å²) in [5.74, 6) is 1.74. The van der Waals surface area contributed by atoms with E-state index in [1.165, 1.54) is 0 Å². The zero-order chi connectivity index (χ0) is 10.8. The largest absolute Gasteiger partial charge is 0.337 e. The van der Waals surface area contributed by atoms with Gasteiger partial charge in [-0.05, 0) is 12.1 Å². The molecule has 0 aliphatic carbocycles. The highest BCUT2D eigenvalue weighted by molar-refractivity contribution is 5.85. The summed E-state index contributed by atoms with van der Waals surface area (Å²) in [6, 6.07) is 0.427. The number of hydrogen-bond acceptors (Lipinski definition) is 5. The van der Waals surface area contributed by atoms with Crippen LogP contribution in [-0.2, 0) is 0 Å². The molecular weight excluding hydrogens is 228 g/mol. The molecule has 0 saturated carbocycles. The maximum atomic E-state index is 5.20. The standard InChI is InChI=1S/C10H18N4O.ClH/c1-7(2)9-12-10(13-15-9)14-5-4-11-6-8(14)3;/h7-8,11H,4-6H2,1-3H3;1H/t8-;/m0./s1. The summed E-state index contributed by atoms with van der Waals surface area (Å²) >= 11 is 0. The summed E-state index contributed by atoms with van der Waals surface area (Å²) in [6.45, 7) is 9.17. The first-order chi connectivity index (χ1) is 7.18. The molecule has 1 aliphatic rings. The molecule has 0 radical (unpaired) electrons. The topological polar surface area (TPSA) is 54.2 Å². The molecule has 92 valence electrons. The Morgan fingerprint density at radius 2 is 2.25 bits per heavy atom. The van der Waals surface area contributed by atoms with E-state index in [0.29, 0.717) is 12.0 Å². The average Bonchev–Trinajstić information content (AvgIpc) is 2.67. The van der Waals surface area contributed by atoms with Gasteiger partial charge in [0.2, 0.25) is 5.89 Å². The van der Waals surface area contributed by atoms with Crippen molar-refractivity contribution < 1.29 is 4.52 Å². The van der Waals surface area contributed by atoms with E-state index in [4.69, 9.17) is 4.52 Å². The van der Waals surface area contributed by atoms with Crippen LogP contribution in [0.3, 0.4) is 0 Å². The SMILES string of the molecule is CC(C)c1nc(N2CCNC[C@@H]2C)no1.Cl. The lowest BCUT2D eigenvalue weighted by Gasteiger charge is -2.32. The van der Waals surface area contributed by atoms with Gasteiger partial charge in [0.25, 0.3) is 5.95 Å². The fraction of sp³-hybridized carbons (Fsp3) is 0.800. The van der Waals surface area contributed by atoms with Crippen molar-refractivity contribution in [3.8, 4) is 0 Å². The second kappa shape index (κ2) is 5.50. The van der Waals surface area contributed by atoms with E-state index < -0.39 is 0 Å². The molecule has 16 heavy (non-hydrogen) atoms. The Hall–Kier alpha value is -0.810. The molecule has 1 aromatic rings. The molecular formula is C10H19ClN4O. The third-order valence-corrected chi connectivity index (χ3v) is 2.68. The van der Waals surface area contributed by atoms with Gasteiger partial charge >= 0.3 is 0 Å². The fourth-order valence-electron chi connectivity index (χ4n) is 1.72. The van der Waals surface area contributed by atoms with E-state index >= 15 is 0 Å². The molecule has 1 saturated heterocycles. The molecule has 6 heteroatoms. The zero-order valence-electron chi connectivity index (χ0n) is 9.93. The smallest absolute Gasteiger partial charge is 0.266 e. The van der Waals surface area contributed by atoms with Gasteiger partial charge in [0, 0.05) is 31.6 Å². The predicted molar refractivity (Wildman–Crippen MR) is 65.3 cm³/mol. The van der Waals surface area contributed by atoms with Gasteiger partial charge in [-0.2, -0.15) is 4.98 Å². The molecule has 0 unspecified atom stereocenters. The molecule has 1 fully saturated rings. The van der Waals surface area contributed by atoms with Crippen LogP contribution in [0.1, 0.15) is 32.6 Å². The van der Waals surface area contributed by atoms with Crippen LogP contribution in [0.5, 0.6) is 0 Å². The van der Waals surface area contributed by atoms with Crippen LogP contribution in [0.2, 0.25) is 0 Å². The van der Waals surface area contributed by atoms with Crippen LogP contribution in [0.25, 0.3) is 0 Å². The molecule has 1 aliphatic heterocycles. The van der Waals surface area contributed by atoms with Gasteiger partial charge in [0.05, 0.1) is 0 Å². The lowest BCUT2D eigenvalue weighted by atomic mass is 10.2.